The van der Waals surface area contributed by atoms with Crippen LogP contribution in [0.3, 0.4) is 0 Å². The molecule has 3 rings (SSSR count). The number of hydrogen-bond acceptors (Lipinski definition) is 6. The van der Waals surface area contributed by atoms with Gasteiger partial charge < -0.3 is 19.9 Å². The molecule has 0 saturated carbocycles. The topological polar surface area (TPSA) is 87.7 Å². The van der Waals surface area contributed by atoms with Crippen molar-refractivity contribution < 1.29 is 14.3 Å². The zero-order valence-electron chi connectivity index (χ0n) is 14.6. The van der Waals surface area contributed by atoms with E-state index in [1.807, 2.05) is 30.3 Å². The molecule has 0 bridgehead atoms. The maximum absolute atomic E-state index is 12.5. The molecule has 8 heteroatoms. The second-order valence-electron chi connectivity index (χ2n) is 5.76. The molecule has 1 fully saturated rings. The molecule has 0 aliphatic carbocycles. The van der Waals surface area contributed by atoms with E-state index in [-0.39, 0.29) is 17.7 Å². The highest BCUT2D eigenvalue weighted by molar-refractivity contribution is 5.92. The lowest BCUT2D eigenvalue weighted by atomic mass is 10.3. The Bertz CT molecular complexity index is 743. The van der Waals surface area contributed by atoms with Crippen LogP contribution in [0.2, 0.25) is 0 Å². The van der Waals surface area contributed by atoms with E-state index in [0.717, 1.165) is 5.69 Å². The number of carbonyl (C=O) groups is 2. The highest BCUT2D eigenvalue weighted by atomic mass is 16.6. The van der Waals surface area contributed by atoms with Crippen molar-refractivity contribution in [2.75, 3.05) is 38.1 Å². The molecule has 2 heterocycles. The first-order valence-corrected chi connectivity index (χ1v) is 8.52. The Balaban J connectivity index is 1.56. The van der Waals surface area contributed by atoms with Crippen molar-refractivity contribution in [1.29, 1.82) is 0 Å². The monoisotopic (exact) mass is 355 g/mol. The fourth-order valence-electron chi connectivity index (χ4n) is 2.64. The fraction of sp³-hybridized carbons (Fsp3) is 0.333. The zero-order valence-corrected chi connectivity index (χ0v) is 14.6. The van der Waals surface area contributed by atoms with Gasteiger partial charge in [-0.2, -0.15) is 0 Å². The van der Waals surface area contributed by atoms with Crippen molar-refractivity contribution in [2.24, 2.45) is 0 Å². The lowest BCUT2D eigenvalue weighted by molar-refractivity contribution is 0.0565. The second kappa shape index (κ2) is 8.28. The molecule has 1 aromatic heterocycles. The maximum atomic E-state index is 12.5. The van der Waals surface area contributed by atoms with E-state index >= 15 is 0 Å². The molecule has 2 aromatic rings. The van der Waals surface area contributed by atoms with Crippen LogP contribution in [0.4, 0.5) is 16.3 Å². The predicted octanol–water partition coefficient (Wildman–Crippen LogP) is 2.13. The molecule has 8 nitrogen and oxygen atoms in total. The molecule has 0 unspecified atom stereocenters. The third-order valence-electron chi connectivity index (χ3n) is 4.01. The van der Waals surface area contributed by atoms with Gasteiger partial charge in [0.1, 0.15) is 11.5 Å². The van der Waals surface area contributed by atoms with Crippen LogP contribution in [0, 0.1) is 0 Å². The van der Waals surface area contributed by atoms with Crippen LogP contribution in [-0.2, 0) is 4.74 Å². The summed E-state index contributed by atoms with van der Waals surface area (Å²) >= 11 is 0. The Morgan fingerprint density at radius 3 is 2.35 bits per heavy atom. The summed E-state index contributed by atoms with van der Waals surface area (Å²) in [5.41, 5.74) is 1.18. The number of benzene rings is 1. The van der Waals surface area contributed by atoms with E-state index in [4.69, 9.17) is 4.74 Å². The molecular formula is C18H21N5O3. The van der Waals surface area contributed by atoms with E-state index < -0.39 is 0 Å². The highest BCUT2D eigenvalue weighted by Gasteiger charge is 2.26. The summed E-state index contributed by atoms with van der Waals surface area (Å²) < 4.78 is 4.98. The predicted molar refractivity (Wildman–Crippen MR) is 96.3 cm³/mol. The van der Waals surface area contributed by atoms with Gasteiger partial charge in [-0.1, -0.05) is 18.2 Å². The Kier molecular flexibility index (Phi) is 5.62. The molecule has 0 radical (unpaired) electrons. The van der Waals surface area contributed by atoms with Crippen LogP contribution >= 0.6 is 0 Å². The molecule has 1 aliphatic heterocycles. The van der Waals surface area contributed by atoms with E-state index in [2.05, 4.69) is 15.3 Å². The molecule has 1 aromatic carbocycles. The SMILES string of the molecule is CCOC(=O)N1CCN(C(=O)c2cnc(Nc3ccccc3)cn2)CC1. The van der Waals surface area contributed by atoms with Gasteiger partial charge in [-0.05, 0) is 19.1 Å². The lowest BCUT2D eigenvalue weighted by Crippen LogP contribution is -2.50. The minimum atomic E-state index is -0.337. The van der Waals surface area contributed by atoms with Crippen LogP contribution in [0.5, 0.6) is 0 Å². The third kappa shape index (κ3) is 4.27. The Labute approximate surface area is 151 Å². The number of anilines is 2. The number of nitrogens with zero attached hydrogens (tertiary/aromatic N) is 4. The minimum absolute atomic E-state index is 0.188. The quantitative estimate of drug-likeness (QED) is 0.904. The number of piperazine rings is 1. The molecule has 0 atom stereocenters. The van der Waals surface area contributed by atoms with Gasteiger partial charge in [-0.3, -0.25) is 4.79 Å². The minimum Gasteiger partial charge on any atom is -0.450 e. The molecular weight excluding hydrogens is 334 g/mol. The summed E-state index contributed by atoms with van der Waals surface area (Å²) in [7, 11) is 0. The standard InChI is InChI=1S/C18H21N5O3/c1-2-26-18(25)23-10-8-22(9-11-23)17(24)15-12-20-16(13-19-15)21-14-6-4-3-5-7-14/h3-7,12-13H,2,8-11H2,1H3,(H,20,21). The number of rotatable bonds is 4. The zero-order chi connectivity index (χ0) is 18.4. The van der Waals surface area contributed by atoms with E-state index in [1.165, 1.54) is 12.4 Å². The normalized spacial score (nSPS) is 14.0. The molecule has 1 saturated heterocycles. The summed E-state index contributed by atoms with van der Waals surface area (Å²) in [6.45, 7) is 3.91. The van der Waals surface area contributed by atoms with Crippen LogP contribution in [-0.4, -0.2) is 64.6 Å². The number of ether oxygens (including phenoxy) is 1. The third-order valence-corrected chi connectivity index (χ3v) is 4.01. The van der Waals surface area contributed by atoms with Crippen molar-refractivity contribution in [2.45, 2.75) is 6.92 Å². The van der Waals surface area contributed by atoms with Gasteiger partial charge in [0.2, 0.25) is 0 Å². The molecule has 136 valence electrons. The van der Waals surface area contributed by atoms with Crippen molar-refractivity contribution >= 4 is 23.5 Å². The van der Waals surface area contributed by atoms with Gasteiger partial charge in [0.05, 0.1) is 19.0 Å². The molecule has 1 aliphatic rings. The Hall–Kier alpha value is -3.16. The summed E-state index contributed by atoms with van der Waals surface area (Å²) in [6, 6.07) is 9.61. The van der Waals surface area contributed by atoms with Crippen molar-refractivity contribution in [3.63, 3.8) is 0 Å². The van der Waals surface area contributed by atoms with Crippen molar-refractivity contribution in [3.05, 3.63) is 48.4 Å². The largest absolute Gasteiger partial charge is 0.450 e. The van der Waals surface area contributed by atoms with E-state index in [1.54, 1.807) is 16.7 Å². The number of carbonyl (C=O) groups excluding carboxylic acids is 2. The average molecular weight is 355 g/mol. The Morgan fingerprint density at radius 2 is 1.73 bits per heavy atom. The van der Waals surface area contributed by atoms with E-state index in [9.17, 15) is 9.59 Å². The summed E-state index contributed by atoms with van der Waals surface area (Å²) in [6.07, 6.45) is 2.66. The van der Waals surface area contributed by atoms with Crippen LogP contribution in [0.15, 0.2) is 42.7 Å². The van der Waals surface area contributed by atoms with Gasteiger partial charge in [0.15, 0.2) is 0 Å². The second-order valence-corrected chi connectivity index (χ2v) is 5.76. The molecule has 0 spiro atoms. The summed E-state index contributed by atoms with van der Waals surface area (Å²) in [5, 5.41) is 3.12. The van der Waals surface area contributed by atoms with Gasteiger partial charge in [-0.25, -0.2) is 14.8 Å². The van der Waals surface area contributed by atoms with Crippen LogP contribution in [0.25, 0.3) is 0 Å². The molecule has 2 amide bonds. The first kappa shape index (κ1) is 17.7. The molecule has 1 N–H and O–H groups in total. The number of hydrogen-bond donors (Lipinski definition) is 1. The summed E-state index contributed by atoms with van der Waals surface area (Å²) in [4.78, 5) is 36.0. The summed E-state index contributed by atoms with van der Waals surface area (Å²) in [5.74, 6) is 0.382. The first-order chi connectivity index (χ1) is 12.7. The van der Waals surface area contributed by atoms with E-state index in [0.29, 0.717) is 38.6 Å². The van der Waals surface area contributed by atoms with Crippen molar-refractivity contribution in [3.8, 4) is 0 Å². The van der Waals surface area contributed by atoms with Gasteiger partial charge in [-0.15, -0.1) is 0 Å². The molecule has 26 heavy (non-hydrogen) atoms. The number of para-hydroxylation sites is 1. The number of amides is 2. The van der Waals surface area contributed by atoms with Gasteiger partial charge >= 0.3 is 6.09 Å². The Morgan fingerprint density at radius 1 is 1.04 bits per heavy atom. The van der Waals surface area contributed by atoms with Crippen molar-refractivity contribution in [1.82, 2.24) is 19.8 Å². The fourth-order valence-corrected chi connectivity index (χ4v) is 2.64. The smallest absolute Gasteiger partial charge is 0.409 e. The number of nitrogens with one attached hydrogen (secondary N) is 1. The first-order valence-electron chi connectivity index (χ1n) is 8.52. The highest BCUT2D eigenvalue weighted by Crippen LogP contribution is 2.13. The van der Waals surface area contributed by atoms with Gasteiger partial charge in [0, 0.05) is 31.9 Å². The number of aromatic nitrogens is 2. The van der Waals surface area contributed by atoms with Crippen LogP contribution < -0.4 is 5.32 Å². The lowest BCUT2D eigenvalue weighted by Gasteiger charge is -2.33. The maximum Gasteiger partial charge on any atom is 0.409 e. The average Bonchev–Trinajstić information content (AvgIpc) is 2.69. The van der Waals surface area contributed by atoms with Crippen LogP contribution in [0.1, 0.15) is 17.4 Å². The van der Waals surface area contributed by atoms with Gasteiger partial charge in [0.25, 0.3) is 5.91 Å².